The lowest BCUT2D eigenvalue weighted by Crippen LogP contribution is -2.40. The first-order valence-corrected chi connectivity index (χ1v) is 10.3. The van der Waals surface area contributed by atoms with Crippen LogP contribution >= 0.6 is 11.3 Å². The second kappa shape index (κ2) is 7.77. The van der Waals surface area contributed by atoms with Crippen molar-refractivity contribution in [3.63, 3.8) is 0 Å². The molecule has 0 saturated heterocycles. The van der Waals surface area contributed by atoms with Gasteiger partial charge in [0.2, 0.25) is 11.7 Å². The van der Waals surface area contributed by atoms with Gasteiger partial charge in [-0.25, -0.2) is 9.18 Å². The van der Waals surface area contributed by atoms with Gasteiger partial charge in [0.05, 0.1) is 12.1 Å². The Hall–Kier alpha value is -3.85. The summed E-state index contributed by atoms with van der Waals surface area (Å²) in [6.45, 7) is 0.0560. The van der Waals surface area contributed by atoms with Crippen LogP contribution in [0.15, 0.2) is 80.2 Å². The van der Waals surface area contributed by atoms with Crippen molar-refractivity contribution in [3.8, 4) is 11.4 Å². The molecule has 0 N–H and O–H groups in total. The predicted octanol–water partition coefficient (Wildman–Crippen LogP) is 3.51. The van der Waals surface area contributed by atoms with Crippen LogP contribution in [0.4, 0.5) is 4.39 Å². The van der Waals surface area contributed by atoms with Crippen molar-refractivity contribution < 1.29 is 8.91 Å². The normalized spacial score (nSPS) is 11.3. The summed E-state index contributed by atoms with van der Waals surface area (Å²) in [4.78, 5) is 30.5. The first-order chi connectivity index (χ1) is 15.1. The number of hydrogen-bond acceptors (Lipinski definition) is 6. The fraction of sp³-hybridized carbons (Fsp3) is 0.0909. The standard InChI is InChI=1S/C22H15FN4O3S/c23-16-8-6-14(7-9-16)12-27-21(28)19-17(10-11-31-19)26(22(27)29)13-18-24-20(25-30-18)15-4-2-1-3-5-15/h1-11H,12-13H2. The molecule has 0 radical (unpaired) electrons. The minimum Gasteiger partial charge on any atom is -0.337 e. The molecule has 5 aromatic rings. The molecular weight excluding hydrogens is 419 g/mol. The smallest absolute Gasteiger partial charge is 0.332 e. The van der Waals surface area contributed by atoms with E-state index in [0.717, 1.165) is 10.1 Å². The molecule has 3 aromatic heterocycles. The number of fused-ring (bicyclic) bond motifs is 1. The van der Waals surface area contributed by atoms with E-state index in [1.165, 1.54) is 28.0 Å². The van der Waals surface area contributed by atoms with Crippen molar-refractivity contribution in [1.29, 1.82) is 0 Å². The molecule has 0 aliphatic carbocycles. The van der Waals surface area contributed by atoms with Gasteiger partial charge in [0, 0.05) is 5.56 Å². The van der Waals surface area contributed by atoms with Crippen LogP contribution in [0.5, 0.6) is 0 Å². The lowest BCUT2D eigenvalue weighted by atomic mass is 10.2. The van der Waals surface area contributed by atoms with E-state index >= 15 is 0 Å². The van der Waals surface area contributed by atoms with Crippen molar-refractivity contribution in [2.75, 3.05) is 0 Å². The number of nitrogens with zero attached hydrogens (tertiary/aromatic N) is 4. The number of hydrogen-bond donors (Lipinski definition) is 0. The maximum Gasteiger partial charge on any atom is 0.332 e. The van der Waals surface area contributed by atoms with E-state index in [9.17, 15) is 14.0 Å². The Morgan fingerprint density at radius 3 is 2.48 bits per heavy atom. The molecule has 2 aromatic carbocycles. The Morgan fingerprint density at radius 1 is 0.935 bits per heavy atom. The van der Waals surface area contributed by atoms with Gasteiger partial charge in [-0.1, -0.05) is 47.6 Å². The number of halogens is 1. The van der Waals surface area contributed by atoms with Gasteiger partial charge >= 0.3 is 5.69 Å². The second-order valence-corrected chi connectivity index (χ2v) is 7.82. The van der Waals surface area contributed by atoms with Gasteiger partial charge in [-0.3, -0.25) is 13.9 Å². The maximum atomic E-state index is 13.2. The van der Waals surface area contributed by atoms with E-state index in [0.29, 0.717) is 21.6 Å². The van der Waals surface area contributed by atoms with Crippen LogP contribution in [0.2, 0.25) is 0 Å². The Bertz CT molecular complexity index is 1480. The zero-order chi connectivity index (χ0) is 21.4. The Balaban J connectivity index is 1.57. The van der Waals surface area contributed by atoms with Gasteiger partial charge in [0.1, 0.15) is 17.1 Å². The summed E-state index contributed by atoms with van der Waals surface area (Å²) in [6, 6.07) is 16.8. The van der Waals surface area contributed by atoms with Crippen LogP contribution in [-0.2, 0) is 13.1 Å². The van der Waals surface area contributed by atoms with E-state index in [-0.39, 0.29) is 30.4 Å². The molecule has 3 heterocycles. The Labute approximate surface area is 178 Å². The SMILES string of the molecule is O=c1c2sccc2n(Cc2nc(-c3ccccc3)no2)c(=O)n1Cc1ccc(F)cc1. The number of aromatic nitrogens is 4. The fourth-order valence-corrected chi connectivity index (χ4v) is 4.20. The van der Waals surface area contributed by atoms with Gasteiger partial charge in [-0.05, 0) is 29.1 Å². The molecule has 154 valence electrons. The lowest BCUT2D eigenvalue weighted by molar-refractivity contribution is 0.369. The molecule has 0 fully saturated rings. The second-order valence-electron chi connectivity index (χ2n) is 6.90. The van der Waals surface area contributed by atoms with Gasteiger partial charge in [-0.15, -0.1) is 11.3 Å². The van der Waals surface area contributed by atoms with Crippen molar-refractivity contribution >= 4 is 21.6 Å². The van der Waals surface area contributed by atoms with Crippen molar-refractivity contribution in [2.45, 2.75) is 13.1 Å². The maximum absolute atomic E-state index is 13.2. The molecule has 0 saturated carbocycles. The average molecular weight is 434 g/mol. The van der Waals surface area contributed by atoms with E-state index in [4.69, 9.17) is 4.52 Å². The van der Waals surface area contributed by atoms with E-state index in [1.807, 2.05) is 30.3 Å². The van der Waals surface area contributed by atoms with Crippen molar-refractivity contribution in [1.82, 2.24) is 19.3 Å². The minimum absolute atomic E-state index is 0.0234. The Kier molecular flexibility index (Phi) is 4.79. The first-order valence-electron chi connectivity index (χ1n) is 9.43. The third-order valence-corrected chi connectivity index (χ3v) is 5.78. The highest BCUT2D eigenvalue weighted by Crippen LogP contribution is 2.18. The summed E-state index contributed by atoms with van der Waals surface area (Å²) in [5, 5.41) is 5.75. The van der Waals surface area contributed by atoms with Gasteiger partial charge < -0.3 is 4.52 Å². The van der Waals surface area contributed by atoms with Crippen LogP contribution in [0, 0.1) is 5.82 Å². The monoisotopic (exact) mass is 434 g/mol. The zero-order valence-corrected chi connectivity index (χ0v) is 16.9. The summed E-state index contributed by atoms with van der Waals surface area (Å²) in [5.74, 6) is 0.290. The molecule has 0 bridgehead atoms. The molecule has 0 aliphatic heterocycles. The van der Waals surface area contributed by atoms with Gasteiger partial charge in [-0.2, -0.15) is 4.98 Å². The molecule has 9 heteroatoms. The van der Waals surface area contributed by atoms with Crippen molar-refractivity contribution in [2.24, 2.45) is 0 Å². The van der Waals surface area contributed by atoms with Crippen LogP contribution in [-0.4, -0.2) is 19.3 Å². The van der Waals surface area contributed by atoms with Crippen LogP contribution in [0.1, 0.15) is 11.5 Å². The molecule has 0 atom stereocenters. The van der Waals surface area contributed by atoms with E-state index < -0.39 is 5.69 Å². The highest BCUT2D eigenvalue weighted by atomic mass is 32.1. The molecule has 0 amide bonds. The largest absolute Gasteiger partial charge is 0.337 e. The molecule has 7 nitrogen and oxygen atoms in total. The quantitative estimate of drug-likeness (QED) is 0.423. The minimum atomic E-state index is -0.500. The molecule has 0 aliphatic rings. The summed E-state index contributed by atoms with van der Waals surface area (Å²) >= 11 is 1.26. The van der Waals surface area contributed by atoms with Crippen LogP contribution in [0.3, 0.4) is 0 Å². The van der Waals surface area contributed by atoms with E-state index in [2.05, 4.69) is 10.1 Å². The molecule has 5 rings (SSSR count). The van der Waals surface area contributed by atoms with Gasteiger partial charge in [0.25, 0.3) is 5.56 Å². The first kappa shape index (κ1) is 19.1. The van der Waals surface area contributed by atoms with Gasteiger partial charge in [0.15, 0.2) is 0 Å². The van der Waals surface area contributed by atoms with Crippen molar-refractivity contribution in [3.05, 3.63) is 104 Å². The fourth-order valence-electron chi connectivity index (χ4n) is 3.36. The van der Waals surface area contributed by atoms with Crippen LogP contribution < -0.4 is 11.2 Å². The summed E-state index contributed by atoms with van der Waals surface area (Å²) < 4.78 is 21.6. The molecule has 31 heavy (non-hydrogen) atoms. The van der Waals surface area contributed by atoms with Crippen LogP contribution in [0.25, 0.3) is 21.6 Å². The predicted molar refractivity (Wildman–Crippen MR) is 115 cm³/mol. The topological polar surface area (TPSA) is 82.9 Å². The molecular formula is C22H15FN4O3S. The molecule has 0 spiro atoms. The highest BCUT2D eigenvalue weighted by Gasteiger charge is 2.17. The molecule has 0 unspecified atom stereocenters. The third-order valence-electron chi connectivity index (χ3n) is 4.88. The number of rotatable bonds is 5. The zero-order valence-electron chi connectivity index (χ0n) is 16.1. The van der Waals surface area contributed by atoms with E-state index in [1.54, 1.807) is 23.6 Å². The lowest BCUT2D eigenvalue weighted by Gasteiger charge is -2.11. The summed E-state index contributed by atoms with van der Waals surface area (Å²) in [5.41, 5.74) is 1.07. The number of benzene rings is 2. The summed E-state index contributed by atoms with van der Waals surface area (Å²) in [6.07, 6.45) is 0. The highest BCUT2D eigenvalue weighted by molar-refractivity contribution is 7.17. The Morgan fingerprint density at radius 2 is 1.71 bits per heavy atom. The number of thiophene rings is 1. The average Bonchev–Trinajstić information content (AvgIpc) is 3.46. The summed E-state index contributed by atoms with van der Waals surface area (Å²) in [7, 11) is 0. The third kappa shape index (κ3) is 3.59.